The number of carbonyl (C=O) groups is 1. The first-order chi connectivity index (χ1) is 8.63. The molecule has 0 aliphatic carbocycles. The van der Waals surface area contributed by atoms with Crippen molar-refractivity contribution in [1.82, 2.24) is 4.90 Å². The Morgan fingerprint density at radius 3 is 3.00 bits per heavy atom. The molecule has 2 aromatic rings. The predicted octanol–water partition coefficient (Wildman–Crippen LogP) is 2.21. The zero-order valence-electron chi connectivity index (χ0n) is 9.73. The Kier molecular flexibility index (Phi) is 2.80. The fourth-order valence-corrected chi connectivity index (χ4v) is 3.26. The summed E-state index contributed by atoms with van der Waals surface area (Å²) in [6.45, 7) is 1.32. The van der Waals surface area contributed by atoms with Gasteiger partial charge in [0.1, 0.15) is 5.82 Å². The van der Waals surface area contributed by atoms with Gasteiger partial charge in [-0.05, 0) is 36.1 Å². The van der Waals surface area contributed by atoms with E-state index in [1.807, 2.05) is 0 Å². The maximum atomic E-state index is 13.1. The van der Waals surface area contributed by atoms with Gasteiger partial charge < -0.3 is 10.6 Å². The molecule has 1 atom stereocenters. The lowest BCUT2D eigenvalue weighted by atomic mass is 10.2. The van der Waals surface area contributed by atoms with Gasteiger partial charge >= 0.3 is 0 Å². The summed E-state index contributed by atoms with van der Waals surface area (Å²) in [5.41, 5.74) is 5.80. The first-order valence-corrected chi connectivity index (χ1v) is 6.69. The quantitative estimate of drug-likeness (QED) is 0.858. The molecule has 1 saturated heterocycles. The van der Waals surface area contributed by atoms with E-state index in [1.165, 1.54) is 23.5 Å². The number of amides is 1. The molecular formula is C13H13FN2OS. The smallest absolute Gasteiger partial charge is 0.264 e. The number of hydrogen-bond donors (Lipinski definition) is 1. The molecule has 18 heavy (non-hydrogen) atoms. The Labute approximate surface area is 108 Å². The summed E-state index contributed by atoms with van der Waals surface area (Å²) in [6, 6.07) is 6.43. The Balaban J connectivity index is 1.92. The van der Waals surface area contributed by atoms with Crippen molar-refractivity contribution in [3.8, 4) is 0 Å². The number of halogens is 1. The summed E-state index contributed by atoms with van der Waals surface area (Å²) >= 11 is 1.40. The van der Waals surface area contributed by atoms with Crippen molar-refractivity contribution < 1.29 is 9.18 Å². The largest absolute Gasteiger partial charge is 0.336 e. The molecule has 1 aliphatic rings. The molecule has 0 unspecified atom stereocenters. The number of fused-ring (bicyclic) bond motifs is 1. The molecular weight excluding hydrogens is 251 g/mol. The van der Waals surface area contributed by atoms with E-state index in [-0.39, 0.29) is 17.8 Å². The molecule has 1 aliphatic heterocycles. The average Bonchev–Trinajstić information content (AvgIpc) is 2.93. The van der Waals surface area contributed by atoms with Crippen LogP contribution in [-0.4, -0.2) is 29.9 Å². The number of benzene rings is 1. The fourth-order valence-electron chi connectivity index (χ4n) is 2.25. The second kappa shape index (κ2) is 4.33. The van der Waals surface area contributed by atoms with Gasteiger partial charge in [0.25, 0.3) is 5.91 Å². The van der Waals surface area contributed by atoms with Crippen molar-refractivity contribution in [1.29, 1.82) is 0 Å². The predicted molar refractivity (Wildman–Crippen MR) is 70.3 cm³/mol. The molecule has 2 heterocycles. The van der Waals surface area contributed by atoms with E-state index in [9.17, 15) is 9.18 Å². The number of thiophene rings is 1. The lowest BCUT2D eigenvalue weighted by Gasteiger charge is -2.13. The van der Waals surface area contributed by atoms with Gasteiger partial charge in [-0.2, -0.15) is 0 Å². The van der Waals surface area contributed by atoms with E-state index in [0.717, 1.165) is 16.5 Å². The molecule has 5 heteroatoms. The van der Waals surface area contributed by atoms with Crippen LogP contribution in [0.15, 0.2) is 24.3 Å². The Morgan fingerprint density at radius 1 is 1.44 bits per heavy atom. The van der Waals surface area contributed by atoms with E-state index in [0.29, 0.717) is 18.0 Å². The Bertz CT molecular complexity index is 610. The van der Waals surface area contributed by atoms with Crippen LogP contribution in [0.4, 0.5) is 4.39 Å². The highest BCUT2D eigenvalue weighted by molar-refractivity contribution is 7.20. The van der Waals surface area contributed by atoms with E-state index in [2.05, 4.69) is 0 Å². The number of rotatable bonds is 1. The summed E-state index contributed by atoms with van der Waals surface area (Å²) in [5.74, 6) is -0.271. The number of nitrogens with two attached hydrogens (primary N) is 1. The van der Waals surface area contributed by atoms with Crippen LogP contribution in [0.25, 0.3) is 10.1 Å². The zero-order valence-corrected chi connectivity index (χ0v) is 10.5. The molecule has 0 radical (unpaired) electrons. The van der Waals surface area contributed by atoms with Crippen LogP contribution in [0.3, 0.4) is 0 Å². The van der Waals surface area contributed by atoms with Crippen LogP contribution in [-0.2, 0) is 0 Å². The first-order valence-electron chi connectivity index (χ1n) is 5.87. The molecule has 0 saturated carbocycles. The van der Waals surface area contributed by atoms with Gasteiger partial charge in [-0.3, -0.25) is 4.79 Å². The summed E-state index contributed by atoms with van der Waals surface area (Å²) in [5, 5.41) is 0.784. The second-order valence-corrected chi connectivity index (χ2v) is 5.68. The number of carbonyl (C=O) groups excluding carboxylic acids is 1. The van der Waals surface area contributed by atoms with Gasteiger partial charge in [-0.25, -0.2) is 4.39 Å². The molecule has 1 aromatic carbocycles. The van der Waals surface area contributed by atoms with Crippen LogP contribution < -0.4 is 5.73 Å². The third-order valence-electron chi connectivity index (χ3n) is 3.20. The van der Waals surface area contributed by atoms with Gasteiger partial charge in [0, 0.05) is 23.8 Å². The maximum Gasteiger partial charge on any atom is 0.264 e. The van der Waals surface area contributed by atoms with Crippen LogP contribution in [0.2, 0.25) is 0 Å². The van der Waals surface area contributed by atoms with E-state index < -0.39 is 0 Å². The second-order valence-electron chi connectivity index (χ2n) is 4.59. The van der Waals surface area contributed by atoms with Gasteiger partial charge in [0.05, 0.1) is 4.88 Å². The first kappa shape index (κ1) is 11.6. The Morgan fingerprint density at radius 2 is 2.28 bits per heavy atom. The summed E-state index contributed by atoms with van der Waals surface area (Å²) < 4.78 is 14.0. The van der Waals surface area contributed by atoms with E-state index in [4.69, 9.17) is 5.73 Å². The minimum atomic E-state index is -0.275. The lowest BCUT2D eigenvalue weighted by Crippen LogP contribution is -2.31. The van der Waals surface area contributed by atoms with Crippen molar-refractivity contribution in [2.24, 2.45) is 5.73 Å². The minimum absolute atomic E-state index is 0.00422. The van der Waals surface area contributed by atoms with Crippen LogP contribution >= 0.6 is 11.3 Å². The maximum absolute atomic E-state index is 13.1. The summed E-state index contributed by atoms with van der Waals surface area (Å²) in [4.78, 5) is 14.7. The molecule has 1 aromatic heterocycles. The van der Waals surface area contributed by atoms with Gasteiger partial charge in [-0.15, -0.1) is 11.3 Å². The molecule has 0 bridgehead atoms. The van der Waals surface area contributed by atoms with Gasteiger partial charge in [-0.1, -0.05) is 0 Å². The molecule has 0 spiro atoms. The van der Waals surface area contributed by atoms with E-state index in [1.54, 1.807) is 17.0 Å². The molecule has 94 valence electrons. The monoisotopic (exact) mass is 264 g/mol. The normalized spacial score (nSPS) is 19.7. The van der Waals surface area contributed by atoms with E-state index >= 15 is 0 Å². The summed E-state index contributed by atoms with van der Waals surface area (Å²) in [6.07, 6.45) is 0.852. The lowest BCUT2D eigenvalue weighted by molar-refractivity contribution is 0.0795. The third-order valence-corrected chi connectivity index (χ3v) is 4.31. The number of nitrogens with zero attached hydrogens (tertiary/aromatic N) is 1. The van der Waals surface area contributed by atoms with Crippen molar-refractivity contribution in [3.05, 3.63) is 35.0 Å². The SMILES string of the molecule is N[C@@H]1CCN(C(=O)c2cc3cc(F)ccc3s2)C1. The highest BCUT2D eigenvalue weighted by Crippen LogP contribution is 2.28. The number of hydrogen-bond acceptors (Lipinski definition) is 3. The van der Waals surface area contributed by atoms with Crippen molar-refractivity contribution in [2.75, 3.05) is 13.1 Å². The molecule has 3 nitrogen and oxygen atoms in total. The molecule has 1 fully saturated rings. The molecule has 1 amide bonds. The van der Waals surface area contributed by atoms with Crippen molar-refractivity contribution >= 4 is 27.3 Å². The average molecular weight is 264 g/mol. The van der Waals surface area contributed by atoms with Crippen molar-refractivity contribution in [2.45, 2.75) is 12.5 Å². The number of likely N-dealkylation sites (tertiary alicyclic amines) is 1. The standard InChI is InChI=1S/C13H13FN2OS/c14-9-1-2-11-8(5-9)6-12(18-11)13(17)16-4-3-10(15)7-16/h1-2,5-6,10H,3-4,7,15H2/t10-/m1/s1. The third kappa shape index (κ3) is 2.00. The van der Waals surface area contributed by atoms with Crippen LogP contribution in [0, 0.1) is 5.82 Å². The topological polar surface area (TPSA) is 46.3 Å². The fraction of sp³-hybridized carbons (Fsp3) is 0.308. The highest BCUT2D eigenvalue weighted by atomic mass is 32.1. The Hall–Kier alpha value is -1.46. The molecule has 3 rings (SSSR count). The van der Waals surface area contributed by atoms with Crippen LogP contribution in [0.1, 0.15) is 16.1 Å². The zero-order chi connectivity index (χ0) is 12.7. The van der Waals surface area contributed by atoms with Crippen LogP contribution in [0.5, 0.6) is 0 Å². The van der Waals surface area contributed by atoms with Crippen molar-refractivity contribution in [3.63, 3.8) is 0 Å². The highest BCUT2D eigenvalue weighted by Gasteiger charge is 2.25. The van der Waals surface area contributed by atoms with Gasteiger partial charge in [0.15, 0.2) is 0 Å². The minimum Gasteiger partial charge on any atom is -0.336 e. The summed E-state index contributed by atoms with van der Waals surface area (Å²) in [7, 11) is 0. The molecule has 2 N–H and O–H groups in total. The van der Waals surface area contributed by atoms with Gasteiger partial charge in [0.2, 0.25) is 0 Å².